The van der Waals surface area contributed by atoms with Crippen molar-refractivity contribution in [2.24, 2.45) is 0 Å². The zero-order valence-corrected chi connectivity index (χ0v) is 10.4. The van der Waals surface area contributed by atoms with E-state index >= 15 is 0 Å². The molecular weight excluding hydrogens is 255 g/mol. The molecule has 0 spiro atoms. The third kappa shape index (κ3) is 2.65. The van der Waals surface area contributed by atoms with Crippen LogP contribution in [0.1, 0.15) is 5.56 Å². The molecule has 94 valence electrons. The Labute approximate surface area is 105 Å². The van der Waals surface area contributed by atoms with Gasteiger partial charge >= 0.3 is 0 Å². The highest BCUT2D eigenvalue weighted by Crippen LogP contribution is 2.18. The molecule has 1 aromatic heterocycles. The Bertz CT molecular complexity index is 654. The lowest BCUT2D eigenvalue weighted by molar-refractivity contribution is 0.599. The summed E-state index contributed by atoms with van der Waals surface area (Å²) in [6.45, 7) is 1.75. The molecule has 0 amide bonds. The number of pyridine rings is 1. The smallest absolute Gasteiger partial charge is 0.261 e. The largest absolute Gasteiger partial charge is 0.279 e. The average molecular weight is 266 g/mol. The van der Waals surface area contributed by atoms with Gasteiger partial charge in [0, 0.05) is 12.4 Å². The maximum Gasteiger partial charge on any atom is 0.261 e. The highest BCUT2D eigenvalue weighted by atomic mass is 32.2. The molecule has 1 N–H and O–H groups in total. The molecule has 2 aromatic rings. The van der Waals surface area contributed by atoms with E-state index in [9.17, 15) is 12.8 Å². The molecule has 0 fully saturated rings. The summed E-state index contributed by atoms with van der Waals surface area (Å²) in [5.74, 6) is -0.478. The molecule has 18 heavy (non-hydrogen) atoms. The monoisotopic (exact) mass is 266 g/mol. The molecule has 0 aliphatic rings. The molecule has 0 radical (unpaired) electrons. The Kier molecular flexibility index (Phi) is 3.29. The van der Waals surface area contributed by atoms with Crippen LogP contribution in [0, 0.1) is 12.7 Å². The van der Waals surface area contributed by atoms with Gasteiger partial charge in [-0.2, -0.15) is 0 Å². The van der Waals surface area contributed by atoms with Gasteiger partial charge in [-0.3, -0.25) is 9.71 Å². The van der Waals surface area contributed by atoms with Crippen molar-refractivity contribution in [2.75, 3.05) is 4.72 Å². The molecule has 4 nitrogen and oxygen atoms in total. The Hall–Kier alpha value is -1.95. The number of halogens is 1. The summed E-state index contributed by atoms with van der Waals surface area (Å²) in [6, 6.07) is 6.21. The number of benzene rings is 1. The van der Waals surface area contributed by atoms with Crippen molar-refractivity contribution in [1.29, 1.82) is 0 Å². The van der Waals surface area contributed by atoms with Gasteiger partial charge < -0.3 is 0 Å². The second-order valence-corrected chi connectivity index (χ2v) is 5.43. The van der Waals surface area contributed by atoms with Crippen molar-refractivity contribution in [2.45, 2.75) is 11.8 Å². The molecule has 0 saturated carbocycles. The molecule has 0 aliphatic heterocycles. The van der Waals surface area contributed by atoms with Crippen molar-refractivity contribution in [3.05, 3.63) is 54.1 Å². The fraction of sp³-hybridized carbons (Fsp3) is 0.0833. The molecule has 2 rings (SSSR count). The van der Waals surface area contributed by atoms with E-state index in [2.05, 4.69) is 9.71 Å². The van der Waals surface area contributed by atoms with Gasteiger partial charge in [0.2, 0.25) is 0 Å². The second-order valence-electron chi connectivity index (χ2n) is 3.75. The third-order valence-electron chi connectivity index (χ3n) is 2.39. The fourth-order valence-electron chi connectivity index (χ4n) is 1.41. The Balaban J connectivity index is 2.33. The molecule has 6 heteroatoms. The van der Waals surface area contributed by atoms with E-state index in [4.69, 9.17) is 0 Å². The first-order chi connectivity index (χ1) is 8.49. The third-order valence-corrected chi connectivity index (χ3v) is 3.77. The van der Waals surface area contributed by atoms with Gasteiger partial charge in [0.05, 0.1) is 10.6 Å². The maximum absolute atomic E-state index is 12.7. The molecule has 0 saturated heterocycles. The molecule has 0 bridgehead atoms. The van der Waals surface area contributed by atoms with Crippen molar-refractivity contribution in [1.82, 2.24) is 4.98 Å². The minimum absolute atomic E-state index is 0.0140. The molecule has 0 unspecified atom stereocenters. The maximum atomic E-state index is 12.7. The fourth-order valence-corrected chi connectivity index (χ4v) is 2.54. The first-order valence-corrected chi connectivity index (χ1v) is 6.66. The number of sulfonamides is 1. The number of hydrogen-bond donors (Lipinski definition) is 1. The van der Waals surface area contributed by atoms with Gasteiger partial charge in [-0.25, -0.2) is 12.8 Å². The standard InChI is InChI=1S/C12H11FN2O2S/c1-9-8-14-7-6-12(9)15-18(16,17)11-4-2-10(13)3-5-11/h2-8H,1H3,(H,14,15). The number of anilines is 1. The van der Waals surface area contributed by atoms with Crippen molar-refractivity contribution in [3.63, 3.8) is 0 Å². The number of aryl methyl sites for hydroxylation is 1. The predicted octanol–water partition coefficient (Wildman–Crippen LogP) is 2.33. The molecule has 0 aliphatic carbocycles. The van der Waals surface area contributed by atoms with Crippen LogP contribution in [0.2, 0.25) is 0 Å². The quantitative estimate of drug-likeness (QED) is 0.927. The van der Waals surface area contributed by atoms with Crippen molar-refractivity contribution < 1.29 is 12.8 Å². The highest BCUT2D eigenvalue weighted by molar-refractivity contribution is 7.92. The van der Waals surface area contributed by atoms with Crippen LogP contribution in [0.15, 0.2) is 47.6 Å². The summed E-state index contributed by atoms with van der Waals surface area (Å²) in [7, 11) is -3.70. The Morgan fingerprint density at radius 1 is 1.17 bits per heavy atom. The molecule has 1 aromatic carbocycles. The van der Waals surface area contributed by atoms with Crippen LogP contribution in [0.25, 0.3) is 0 Å². The van der Waals surface area contributed by atoms with Crippen LogP contribution >= 0.6 is 0 Å². The summed E-state index contributed by atoms with van der Waals surface area (Å²) in [5, 5.41) is 0. The predicted molar refractivity (Wildman–Crippen MR) is 66.2 cm³/mol. The summed E-state index contributed by atoms with van der Waals surface area (Å²) in [4.78, 5) is 3.89. The van der Waals surface area contributed by atoms with E-state index in [1.807, 2.05) is 0 Å². The lowest BCUT2D eigenvalue weighted by Crippen LogP contribution is -2.13. The molecular formula is C12H11FN2O2S. The zero-order valence-electron chi connectivity index (χ0n) is 9.59. The van der Waals surface area contributed by atoms with Crippen LogP contribution < -0.4 is 4.72 Å². The van der Waals surface area contributed by atoms with Gasteiger partial charge in [0.1, 0.15) is 5.82 Å². The zero-order chi connectivity index (χ0) is 13.2. The van der Waals surface area contributed by atoms with Crippen LogP contribution in [0.3, 0.4) is 0 Å². The Morgan fingerprint density at radius 3 is 2.44 bits per heavy atom. The van der Waals surface area contributed by atoms with Gasteiger partial charge in [-0.05, 0) is 42.8 Å². The SMILES string of the molecule is Cc1cnccc1NS(=O)(=O)c1ccc(F)cc1. The van der Waals surface area contributed by atoms with Crippen molar-refractivity contribution in [3.8, 4) is 0 Å². The van der Waals surface area contributed by atoms with Crippen molar-refractivity contribution >= 4 is 15.7 Å². The molecule has 0 atom stereocenters. The van der Waals surface area contributed by atoms with Crippen LogP contribution in [-0.2, 0) is 10.0 Å². The number of nitrogens with zero attached hydrogens (tertiary/aromatic N) is 1. The summed E-state index contributed by atoms with van der Waals surface area (Å²) in [5.41, 5.74) is 1.16. The van der Waals surface area contributed by atoms with Crippen LogP contribution in [0.4, 0.5) is 10.1 Å². The van der Waals surface area contributed by atoms with Gasteiger partial charge in [-0.15, -0.1) is 0 Å². The van der Waals surface area contributed by atoms with Crippen LogP contribution in [-0.4, -0.2) is 13.4 Å². The van der Waals surface area contributed by atoms with E-state index in [0.29, 0.717) is 11.3 Å². The highest BCUT2D eigenvalue weighted by Gasteiger charge is 2.14. The number of rotatable bonds is 3. The topological polar surface area (TPSA) is 59.1 Å². The van der Waals surface area contributed by atoms with Gasteiger partial charge in [0.25, 0.3) is 10.0 Å². The van der Waals surface area contributed by atoms with E-state index < -0.39 is 15.8 Å². The van der Waals surface area contributed by atoms with E-state index in [0.717, 1.165) is 12.1 Å². The minimum Gasteiger partial charge on any atom is -0.279 e. The van der Waals surface area contributed by atoms with Gasteiger partial charge in [-0.1, -0.05) is 0 Å². The average Bonchev–Trinajstić information content (AvgIpc) is 2.32. The first kappa shape index (κ1) is 12.5. The van der Waals surface area contributed by atoms with E-state index in [1.165, 1.54) is 18.3 Å². The van der Waals surface area contributed by atoms with Gasteiger partial charge in [0.15, 0.2) is 0 Å². The minimum atomic E-state index is -3.70. The lowest BCUT2D eigenvalue weighted by atomic mass is 10.3. The second kappa shape index (κ2) is 4.73. The molecule has 1 heterocycles. The Morgan fingerprint density at radius 2 is 1.83 bits per heavy atom. The van der Waals surface area contributed by atoms with E-state index in [1.54, 1.807) is 19.2 Å². The summed E-state index contributed by atoms with van der Waals surface area (Å²) in [6.07, 6.45) is 3.05. The summed E-state index contributed by atoms with van der Waals surface area (Å²) < 4.78 is 39.2. The van der Waals surface area contributed by atoms with E-state index in [-0.39, 0.29) is 4.90 Å². The lowest BCUT2D eigenvalue weighted by Gasteiger charge is -2.09. The first-order valence-electron chi connectivity index (χ1n) is 5.18. The number of hydrogen-bond acceptors (Lipinski definition) is 3. The number of aromatic nitrogens is 1. The van der Waals surface area contributed by atoms with Crippen LogP contribution in [0.5, 0.6) is 0 Å². The normalized spacial score (nSPS) is 11.2. The number of nitrogens with one attached hydrogen (secondary N) is 1. The summed E-state index contributed by atoms with van der Waals surface area (Å²) >= 11 is 0.